The van der Waals surface area contributed by atoms with Gasteiger partial charge in [-0.2, -0.15) is 0 Å². The molecule has 1 heterocycles. The van der Waals surface area contributed by atoms with Crippen LogP contribution in [0.5, 0.6) is 0 Å². The van der Waals surface area contributed by atoms with E-state index in [1.807, 2.05) is 30.3 Å². The van der Waals surface area contributed by atoms with Crippen LogP contribution in [0, 0.1) is 0 Å². The van der Waals surface area contributed by atoms with Gasteiger partial charge in [0.2, 0.25) is 0 Å². The maximum atomic E-state index is 10.8. The second kappa shape index (κ2) is 3.04. The van der Waals surface area contributed by atoms with Gasteiger partial charge in [0, 0.05) is 0 Å². The molecule has 0 bridgehead atoms. The topological polar surface area (TPSA) is 67.6 Å². The van der Waals surface area contributed by atoms with E-state index in [-0.39, 0.29) is 0 Å². The molecule has 1 aliphatic rings. The zero-order chi connectivity index (χ0) is 9.26. The molecule has 1 aromatic carbocycles. The van der Waals surface area contributed by atoms with Crippen LogP contribution in [0.4, 0.5) is 4.79 Å². The summed E-state index contributed by atoms with van der Waals surface area (Å²) in [5.74, 6) is 5.43. The van der Waals surface area contributed by atoms with Gasteiger partial charge in [-0.05, 0) is 10.7 Å². The maximum Gasteiger partial charge on any atom is 0.429 e. The Balaban J connectivity index is 2.23. The molecule has 13 heavy (non-hydrogen) atoms. The standard InChI is InChI=1S/C8H9N3O2/c9-11-7(10-8(12)13-11)6-4-2-1-3-5-6/h1-5,7H,9H2,(H,10,12). The molecule has 1 aromatic rings. The molecule has 0 aliphatic carbocycles. The summed E-state index contributed by atoms with van der Waals surface area (Å²) >= 11 is 0. The van der Waals surface area contributed by atoms with Gasteiger partial charge in [0.1, 0.15) is 0 Å². The second-order valence-corrected chi connectivity index (χ2v) is 2.70. The summed E-state index contributed by atoms with van der Waals surface area (Å²) in [7, 11) is 0. The molecule has 5 heteroatoms. The van der Waals surface area contributed by atoms with Gasteiger partial charge in [0.15, 0.2) is 6.17 Å². The van der Waals surface area contributed by atoms with Gasteiger partial charge in [0.25, 0.3) is 0 Å². The van der Waals surface area contributed by atoms with E-state index in [1.165, 1.54) is 0 Å². The number of nitrogens with zero attached hydrogens (tertiary/aromatic N) is 1. The summed E-state index contributed by atoms with van der Waals surface area (Å²) in [5, 5.41) is 3.56. The van der Waals surface area contributed by atoms with E-state index in [2.05, 4.69) is 10.2 Å². The highest BCUT2D eigenvalue weighted by Crippen LogP contribution is 2.19. The summed E-state index contributed by atoms with van der Waals surface area (Å²) in [5.41, 5.74) is 0.885. The van der Waals surface area contributed by atoms with Crippen molar-refractivity contribution in [3.8, 4) is 0 Å². The van der Waals surface area contributed by atoms with Crippen LogP contribution in [-0.4, -0.2) is 11.3 Å². The highest BCUT2D eigenvalue weighted by atomic mass is 16.8. The van der Waals surface area contributed by atoms with E-state index in [0.717, 1.165) is 10.7 Å². The predicted molar refractivity (Wildman–Crippen MR) is 44.8 cm³/mol. The Bertz CT molecular complexity index is 314. The molecule has 2 rings (SSSR count). The van der Waals surface area contributed by atoms with Gasteiger partial charge in [0.05, 0.1) is 0 Å². The van der Waals surface area contributed by atoms with Gasteiger partial charge >= 0.3 is 6.09 Å². The quantitative estimate of drug-likeness (QED) is 0.616. The first kappa shape index (κ1) is 8.03. The lowest BCUT2D eigenvalue weighted by molar-refractivity contribution is -0.0941. The number of hydrazine groups is 1. The average molecular weight is 179 g/mol. The first-order valence-corrected chi connectivity index (χ1v) is 3.85. The van der Waals surface area contributed by atoms with Gasteiger partial charge in [-0.15, -0.1) is 0 Å². The van der Waals surface area contributed by atoms with Crippen molar-refractivity contribution in [2.75, 3.05) is 0 Å². The molecule has 1 atom stereocenters. The number of benzene rings is 1. The number of amides is 1. The van der Waals surface area contributed by atoms with Crippen LogP contribution in [-0.2, 0) is 4.84 Å². The average Bonchev–Trinajstić information content (AvgIpc) is 2.47. The maximum absolute atomic E-state index is 10.8. The molecular formula is C8H9N3O2. The van der Waals surface area contributed by atoms with Crippen LogP contribution < -0.4 is 11.2 Å². The molecule has 5 nitrogen and oxygen atoms in total. The Morgan fingerprint density at radius 1 is 1.38 bits per heavy atom. The van der Waals surface area contributed by atoms with E-state index >= 15 is 0 Å². The molecule has 1 fully saturated rings. The number of carbonyl (C=O) groups is 1. The van der Waals surface area contributed by atoms with E-state index in [1.54, 1.807) is 0 Å². The van der Waals surface area contributed by atoms with Crippen molar-refractivity contribution in [3.05, 3.63) is 35.9 Å². The number of hydrogen-bond donors (Lipinski definition) is 2. The summed E-state index contributed by atoms with van der Waals surface area (Å²) in [6.45, 7) is 0. The first-order chi connectivity index (χ1) is 6.27. The Kier molecular flexibility index (Phi) is 1.88. The SMILES string of the molecule is NN1OC(=O)NC1c1ccccc1. The lowest BCUT2D eigenvalue weighted by atomic mass is 10.2. The van der Waals surface area contributed by atoms with Crippen LogP contribution in [0.3, 0.4) is 0 Å². The summed E-state index contributed by atoms with van der Waals surface area (Å²) < 4.78 is 0. The fourth-order valence-corrected chi connectivity index (χ4v) is 1.22. The van der Waals surface area contributed by atoms with Crippen molar-refractivity contribution in [2.24, 2.45) is 5.84 Å². The number of nitrogens with one attached hydrogen (secondary N) is 1. The number of rotatable bonds is 1. The molecule has 1 unspecified atom stereocenters. The molecule has 0 spiro atoms. The van der Waals surface area contributed by atoms with E-state index in [4.69, 9.17) is 5.84 Å². The third-order valence-corrected chi connectivity index (χ3v) is 1.81. The summed E-state index contributed by atoms with van der Waals surface area (Å²) in [6.07, 6.45) is -0.926. The Morgan fingerprint density at radius 2 is 2.08 bits per heavy atom. The van der Waals surface area contributed by atoms with Crippen LogP contribution in [0.25, 0.3) is 0 Å². The Labute approximate surface area is 75.0 Å². The molecule has 0 saturated carbocycles. The minimum Gasteiger partial charge on any atom is -0.333 e. The fraction of sp³-hybridized carbons (Fsp3) is 0.125. The Morgan fingerprint density at radius 3 is 2.62 bits per heavy atom. The second-order valence-electron chi connectivity index (χ2n) is 2.70. The molecule has 0 aromatic heterocycles. The molecule has 68 valence electrons. The van der Waals surface area contributed by atoms with Crippen LogP contribution >= 0.6 is 0 Å². The third kappa shape index (κ3) is 1.47. The van der Waals surface area contributed by atoms with Crippen LogP contribution in [0.1, 0.15) is 11.7 Å². The van der Waals surface area contributed by atoms with E-state index < -0.39 is 12.3 Å². The molecule has 1 saturated heterocycles. The lowest BCUT2D eigenvalue weighted by Crippen LogP contribution is -2.32. The lowest BCUT2D eigenvalue weighted by Gasteiger charge is -2.14. The first-order valence-electron chi connectivity index (χ1n) is 3.85. The fourth-order valence-electron chi connectivity index (χ4n) is 1.22. The minimum absolute atomic E-state index is 0.395. The predicted octanol–water partition coefficient (Wildman–Crippen LogP) is 0.516. The van der Waals surface area contributed by atoms with Gasteiger partial charge in [-0.1, -0.05) is 30.3 Å². The van der Waals surface area contributed by atoms with Crippen molar-refractivity contribution >= 4 is 6.09 Å². The van der Waals surface area contributed by atoms with Crippen molar-refractivity contribution in [1.82, 2.24) is 10.5 Å². The zero-order valence-corrected chi connectivity index (χ0v) is 6.81. The highest BCUT2D eigenvalue weighted by Gasteiger charge is 2.30. The monoisotopic (exact) mass is 179 g/mol. The molecular weight excluding hydrogens is 170 g/mol. The highest BCUT2D eigenvalue weighted by molar-refractivity contribution is 5.69. The van der Waals surface area contributed by atoms with Crippen molar-refractivity contribution in [2.45, 2.75) is 6.17 Å². The smallest absolute Gasteiger partial charge is 0.333 e. The van der Waals surface area contributed by atoms with Crippen molar-refractivity contribution in [3.63, 3.8) is 0 Å². The minimum atomic E-state index is -0.531. The number of carbonyl (C=O) groups excluding carboxylic acids is 1. The van der Waals surface area contributed by atoms with Gasteiger partial charge < -0.3 is 4.84 Å². The molecule has 1 amide bonds. The van der Waals surface area contributed by atoms with Crippen molar-refractivity contribution in [1.29, 1.82) is 0 Å². The van der Waals surface area contributed by atoms with E-state index in [9.17, 15) is 4.79 Å². The zero-order valence-electron chi connectivity index (χ0n) is 6.81. The summed E-state index contributed by atoms with van der Waals surface area (Å²) in [6, 6.07) is 9.35. The molecule has 1 aliphatic heterocycles. The molecule has 0 radical (unpaired) electrons. The van der Waals surface area contributed by atoms with Crippen LogP contribution in [0.15, 0.2) is 30.3 Å². The molecule has 3 N–H and O–H groups in total. The van der Waals surface area contributed by atoms with E-state index in [0.29, 0.717) is 0 Å². The van der Waals surface area contributed by atoms with Crippen LogP contribution in [0.2, 0.25) is 0 Å². The third-order valence-electron chi connectivity index (χ3n) is 1.81. The Hall–Kier alpha value is -1.59. The van der Waals surface area contributed by atoms with Gasteiger partial charge in [-0.3, -0.25) is 5.32 Å². The van der Waals surface area contributed by atoms with Crippen molar-refractivity contribution < 1.29 is 9.63 Å². The normalized spacial score (nSPS) is 22.5. The number of hydrogen-bond acceptors (Lipinski definition) is 4. The van der Waals surface area contributed by atoms with Gasteiger partial charge in [-0.25, -0.2) is 10.6 Å². The summed E-state index contributed by atoms with van der Waals surface area (Å²) in [4.78, 5) is 15.4. The number of nitrogens with two attached hydrogens (primary N) is 1. The largest absolute Gasteiger partial charge is 0.429 e. The number of hydroxylamine groups is 1.